The van der Waals surface area contributed by atoms with Gasteiger partial charge in [0.1, 0.15) is 0 Å². The van der Waals surface area contributed by atoms with Crippen molar-refractivity contribution in [3.63, 3.8) is 0 Å². The molecule has 0 saturated carbocycles. The van der Waals surface area contributed by atoms with Gasteiger partial charge in [-0.15, -0.1) is 0 Å². The van der Waals surface area contributed by atoms with E-state index in [9.17, 15) is 16.8 Å². The maximum atomic E-state index is 11.6. The minimum absolute atomic E-state index is 0.00148. The standard InChI is InChI=1S/C9H18O5S2/c1-2-3-5-15(10,11)7-9-8-16(12,13)6-4-14-9/h9H,2-8H2,1H3. The summed E-state index contributed by atoms with van der Waals surface area (Å²) in [5, 5.41) is 0. The van der Waals surface area contributed by atoms with Crippen molar-refractivity contribution in [3.8, 4) is 0 Å². The van der Waals surface area contributed by atoms with Crippen molar-refractivity contribution in [3.05, 3.63) is 0 Å². The van der Waals surface area contributed by atoms with Gasteiger partial charge < -0.3 is 4.74 Å². The smallest absolute Gasteiger partial charge is 0.155 e. The van der Waals surface area contributed by atoms with E-state index in [0.717, 1.165) is 6.42 Å². The second kappa shape index (κ2) is 5.46. The van der Waals surface area contributed by atoms with Gasteiger partial charge in [0.05, 0.1) is 35.7 Å². The van der Waals surface area contributed by atoms with E-state index in [1.54, 1.807) is 0 Å². The van der Waals surface area contributed by atoms with Crippen LogP contribution in [0.3, 0.4) is 0 Å². The van der Waals surface area contributed by atoms with Crippen LogP contribution >= 0.6 is 0 Å². The number of rotatable bonds is 5. The maximum absolute atomic E-state index is 11.6. The van der Waals surface area contributed by atoms with Crippen LogP contribution in [0.5, 0.6) is 0 Å². The second-order valence-electron chi connectivity index (χ2n) is 4.08. The van der Waals surface area contributed by atoms with Crippen LogP contribution in [0.1, 0.15) is 19.8 Å². The zero-order chi connectivity index (χ0) is 12.2. The van der Waals surface area contributed by atoms with Crippen molar-refractivity contribution < 1.29 is 21.6 Å². The average Bonchev–Trinajstić information content (AvgIpc) is 2.12. The summed E-state index contributed by atoms with van der Waals surface area (Å²) in [6, 6.07) is 0. The normalized spacial score (nSPS) is 25.4. The van der Waals surface area contributed by atoms with Crippen LogP contribution in [0.25, 0.3) is 0 Å². The van der Waals surface area contributed by atoms with Crippen molar-refractivity contribution in [2.24, 2.45) is 0 Å². The molecule has 1 saturated heterocycles. The molecule has 0 aromatic heterocycles. The Morgan fingerprint density at radius 3 is 2.62 bits per heavy atom. The van der Waals surface area contributed by atoms with Crippen LogP contribution in [0.15, 0.2) is 0 Å². The number of ether oxygens (including phenoxy) is 1. The predicted molar refractivity (Wildman–Crippen MR) is 62.0 cm³/mol. The molecule has 96 valence electrons. The van der Waals surface area contributed by atoms with Crippen molar-refractivity contribution >= 4 is 19.7 Å². The molecule has 1 heterocycles. The fraction of sp³-hybridized carbons (Fsp3) is 1.00. The van der Waals surface area contributed by atoms with Gasteiger partial charge in [0.25, 0.3) is 0 Å². The van der Waals surface area contributed by atoms with Crippen LogP contribution < -0.4 is 0 Å². The lowest BCUT2D eigenvalue weighted by Crippen LogP contribution is -2.39. The maximum Gasteiger partial charge on any atom is 0.155 e. The molecule has 0 N–H and O–H groups in total. The van der Waals surface area contributed by atoms with Crippen LogP contribution in [-0.4, -0.2) is 52.6 Å². The first-order valence-electron chi connectivity index (χ1n) is 5.37. The van der Waals surface area contributed by atoms with Crippen molar-refractivity contribution in [1.29, 1.82) is 0 Å². The molecule has 0 aliphatic carbocycles. The topological polar surface area (TPSA) is 77.5 Å². The highest BCUT2D eigenvalue weighted by Crippen LogP contribution is 2.10. The predicted octanol–water partition coefficient (Wildman–Crippen LogP) is 0.0149. The molecule has 0 radical (unpaired) electrons. The molecule has 0 aromatic rings. The number of sulfone groups is 2. The van der Waals surface area contributed by atoms with Gasteiger partial charge in [-0.25, -0.2) is 16.8 Å². The van der Waals surface area contributed by atoms with Gasteiger partial charge in [0.2, 0.25) is 0 Å². The van der Waals surface area contributed by atoms with E-state index >= 15 is 0 Å². The van der Waals surface area contributed by atoms with Gasteiger partial charge in [-0.1, -0.05) is 13.3 Å². The summed E-state index contributed by atoms with van der Waals surface area (Å²) in [5.41, 5.74) is 0. The highest BCUT2D eigenvalue weighted by Gasteiger charge is 2.29. The molecule has 1 atom stereocenters. The summed E-state index contributed by atoms with van der Waals surface area (Å²) in [5.74, 6) is -0.230. The Morgan fingerprint density at radius 1 is 1.38 bits per heavy atom. The summed E-state index contributed by atoms with van der Waals surface area (Å²) in [6.07, 6.45) is 0.741. The molecule has 1 rings (SSSR count). The third-order valence-corrected chi connectivity index (χ3v) is 5.90. The monoisotopic (exact) mass is 270 g/mol. The Kier molecular flexibility index (Phi) is 4.75. The van der Waals surface area contributed by atoms with Gasteiger partial charge >= 0.3 is 0 Å². The Labute approximate surface area is 97.0 Å². The highest BCUT2D eigenvalue weighted by atomic mass is 32.2. The first-order chi connectivity index (χ1) is 7.35. The highest BCUT2D eigenvalue weighted by molar-refractivity contribution is 7.92. The van der Waals surface area contributed by atoms with Crippen LogP contribution in [0, 0.1) is 0 Å². The lowest BCUT2D eigenvalue weighted by molar-refractivity contribution is 0.0872. The quantitative estimate of drug-likeness (QED) is 0.703. The first kappa shape index (κ1) is 13.9. The zero-order valence-corrected chi connectivity index (χ0v) is 11.0. The SMILES string of the molecule is CCCCS(=O)(=O)CC1CS(=O)(=O)CCO1. The Balaban J connectivity index is 2.54. The number of hydrogen-bond acceptors (Lipinski definition) is 5. The molecule has 0 bridgehead atoms. The summed E-state index contributed by atoms with van der Waals surface area (Å²) >= 11 is 0. The van der Waals surface area contributed by atoms with E-state index in [1.807, 2.05) is 6.92 Å². The largest absolute Gasteiger partial charge is 0.375 e. The molecule has 0 amide bonds. The minimum Gasteiger partial charge on any atom is -0.375 e. The fourth-order valence-corrected chi connectivity index (χ4v) is 4.71. The number of unbranched alkanes of at least 4 members (excludes halogenated alkanes) is 1. The molecular formula is C9H18O5S2. The van der Waals surface area contributed by atoms with Gasteiger partial charge in [-0.2, -0.15) is 0 Å². The summed E-state index contributed by atoms with van der Waals surface area (Å²) in [6.45, 7) is 2.02. The van der Waals surface area contributed by atoms with E-state index in [0.29, 0.717) is 6.42 Å². The van der Waals surface area contributed by atoms with E-state index in [-0.39, 0.29) is 29.6 Å². The fourth-order valence-electron chi connectivity index (χ4n) is 1.58. The molecule has 7 heteroatoms. The Bertz CT molecular complexity index is 409. The lowest BCUT2D eigenvalue weighted by atomic mass is 10.4. The molecule has 1 aliphatic heterocycles. The van der Waals surface area contributed by atoms with Gasteiger partial charge in [0.15, 0.2) is 19.7 Å². The van der Waals surface area contributed by atoms with Gasteiger partial charge in [-0.05, 0) is 6.42 Å². The van der Waals surface area contributed by atoms with Crippen molar-refractivity contribution in [2.45, 2.75) is 25.9 Å². The van der Waals surface area contributed by atoms with Crippen LogP contribution in [0.2, 0.25) is 0 Å². The van der Waals surface area contributed by atoms with Crippen LogP contribution in [-0.2, 0) is 24.4 Å². The second-order valence-corrected chi connectivity index (χ2v) is 8.53. The molecule has 0 aromatic carbocycles. The minimum atomic E-state index is -3.18. The van der Waals surface area contributed by atoms with Gasteiger partial charge in [0, 0.05) is 0 Å². The lowest BCUT2D eigenvalue weighted by Gasteiger charge is -2.22. The molecule has 0 spiro atoms. The molecule has 1 unspecified atom stereocenters. The van der Waals surface area contributed by atoms with Gasteiger partial charge in [-0.3, -0.25) is 0 Å². The number of hydrogen-bond donors (Lipinski definition) is 0. The summed E-state index contributed by atoms with van der Waals surface area (Å²) in [4.78, 5) is 0. The van der Waals surface area contributed by atoms with Crippen molar-refractivity contribution in [2.75, 3.05) is 29.6 Å². The third-order valence-electron chi connectivity index (χ3n) is 2.44. The molecule has 5 nitrogen and oxygen atoms in total. The zero-order valence-electron chi connectivity index (χ0n) is 9.38. The van der Waals surface area contributed by atoms with E-state index in [1.165, 1.54) is 0 Å². The first-order valence-corrected chi connectivity index (χ1v) is 9.01. The van der Waals surface area contributed by atoms with Crippen LogP contribution in [0.4, 0.5) is 0 Å². The molecule has 16 heavy (non-hydrogen) atoms. The van der Waals surface area contributed by atoms with E-state index < -0.39 is 25.8 Å². The third kappa shape index (κ3) is 4.80. The average molecular weight is 270 g/mol. The van der Waals surface area contributed by atoms with Crippen molar-refractivity contribution in [1.82, 2.24) is 0 Å². The summed E-state index contributed by atoms with van der Waals surface area (Å²) < 4.78 is 50.9. The van der Waals surface area contributed by atoms with E-state index in [2.05, 4.69) is 0 Å². The molecular weight excluding hydrogens is 252 g/mol. The summed E-state index contributed by atoms with van der Waals surface area (Å²) in [7, 11) is -6.30. The van der Waals surface area contributed by atoms with E-state index in [4.69, 9.17) is 4.74 Å². The Hall–Kier alpha value is -0.140. The molecule has 1 aliphatic rings. The Morgan fingerprint density at radius 2 is 2.06 bits per heavy atom. The molecule has 1 fully saturated rings.